The second-order valence-electron chi connectivity index (χ2n) is 9.01. The summed E-state index contributed by atoms with van der Waals surface area (Å²) in [5.74, 6) is 0.690. The smallest absolute Gasteiger partial charge is 0.317 e. The van der Waals surface area contributed by atoms with Crippen LogP contribution in [0.4, 0.5) is 4.79 Å². The summed E-state index contributed by atoms with van der Waals surface area (Å²) >= 11 is 0. The number of piperidine rings is 1. The van der Waals surface area contributed by atoms with Gasteiger partial charge in [-0.05, 0) is 51.6 Å². The molecule has 1 aromatic rings. The van der Waals surface area contributed by atoms with Crippen molar-refractivity contribution in [3.05, 3.63) is 35.9 Å². The molecule has 0 spiro atoms. The minimum absolute atomic E-state index is 0.104. The third-order valence-corrected chi connectivity index (χ3v) is 5.93. The fourth-order valence-corrected chi connectivity index (χ4v) is 4.26. The van der Waals surface area contributed by atoms with Crippen LogP contribution >= 0.6 is 0 Å². The average molecular weight is 373 g/mol. The second kappa shape index (κ2) is 9.07. The fourth-order valence-electron chi connectivity index (χ4n) is 4.26. The molecular weight excluding hydrogens is 336 g/mol. The molecule has 5 nitrogen and oxygen atoms in total. The van der Waals surface area contributed by atoms with E-state index in [1.54, 1.807) is 0 Å². The molecule has 2 saturated heterocycles. The van der Waals surface area contributed by atoms with Gasteiger partial charge in [-0.1, -0.05) is 30.3 Å². The summed E-state index contributed by atoms with van der Waals surface area (Å²) in [5, 5.41) is 3.28. The Bertz CT molecular complexity index is 588. The minimum atomic E-state index is -0.201. The molecule has 150 valence electrons. The molecule has 0 bridgehead atoms. The lowest BCUT2D eigenvalue weighted by Crippen LogP contribution is -2.58. The predicted octanol–water partition coefficient (Wildman–Crippen LogP) is 2.68. The number of urea groups is 1. The quantitative estimate of drug-likeness (QED) is 0.864. The van der Waals surface area contributed by atoms with Crippen LogP contribution in [0.2, 0.25) is 0 Å². The van der Waals surface area contributed by atoms with Gasteiger partial charge < -0.3 is 15.1 Å². The summed E-state index contributed by atoms with van der Waals surface area (Å²) in [7, 11) is 2.17. The lowest BCUT2D eigenvalue weighted by atomic mass is 9.90. The Labute approximate surface area is 164 Å². The van der Waals surface area contributed by atoms with Gasteiger partial charge in [-0.25, -0.2) is 4.79 Å². The summed E-state index contributed by atoms with van der Waals surface area (Å²) in [6, 6.07) is 10.8. The van der Waals surface area contributed by atoms with Crippen LogP contribution in [-0.2, 0) is 6.42 Å². The first-order chi connectivity index (χ1) is 12.9. The number of hydrogen-bond donors (Lipinski definition) is 1. The van der Waals surface area contributed by atoms with Gasteiger partial charge in [-0.15, -0.1) is 0 Å². The molecule has 0 atom stereocenters. The van der Waals surface area contributed by atoms with Crippen molar-refractivity contribution in [3.8, 4) is 0 Å². The van der Waals surface area contributed by atoms with Crippen molar-refractivity contribution in [2.45, 2.75) is 38.6 Å². The number of likely N-dealkylation sites (tertiary alicyclic amines) is 1. The van der Waals surface area contributed by atoms with Crippen molar-refractivity contribution >= 4 is 6.03 Å². The number of piperazine rings is 1. The van der Waals surface area contributed by atoms with Crippen molar-refractivity contribution in [2.75, 3.05) is 52.9 Å². The molecular formula is C22H36N4O. The van der Waals surface area contributed by atoms with Gasteiger partial charge in [-0.2, -0.15) is 0 Å². The Kier molecular flexibility index (Phi) is 6.77. The van der Waals surface area contributed by atoms with Crippen molar-refractivity contribution in [3.63, 3.8) is 0 Å². The van der Waals surface area contributed by atoms with Crippen LogP contribution in [0.1, 0.15) is 32.3 Å². The van der Waals surface area contributed by atoms with Gasteiger partial charge in [0.15, 0.2) is 0 Å². The van der Waals surface area contributed by atoms with E-state index < -0.39 is 0 Å². The number of likely N-dealkylation sites (N-methyl/N-ethyl adjacent to an activating group) is 1. The van der Waals surface area contributed by atoms with E-state index in [9.17, 15) is 4.79 Å². The Morgan fingerprint density at radius 1 is 1.04 bits per heavy atom. The average Bonchev–Trinajstić information content (AvgIpc) is 2.64. The zero-order valence-electron chi connectivity index (χ0n) is 17.3. The zero-order valence-corrected chi connectivity index (χ0v) is 17.3. The summed E-state index contributed by atoms with van der Waals surface area (Å²) in [5.41, 5.74) is 1.21. The first-order valence-corrected chi connectivity index (χ1v) is 10.4. The van der Waals surface area contributed by atoms with Crippen molar-refractivity contribution in [2.24, 2.45) is 5.92 Å². The van der Waals surface area contributed by atoms with Crippen LogP contribution in [0.15, 0.2) is 30.3 Å². The molecule has 0 radical (unpaired) electrons. The maximum atomic E-state index is 12.8. The molecule has 27 heavy (non-hydrogen) atoms. The molecule has 1 aromatic carbocycles. The summed E-state index contributed by atoms with van der Waals surface area (Å²) in [6.07, 6.45) is 3.33. The topological polar surface area (TPSA) is 38.8 Å². The van der Waals surface area contributed by atoms with E-state index in [0.29, 0.717) is 5.92 Å². The second-order valence-corrected chi connectivity index (χ2v) is 9.01. The number of carbonyl (C=O) groups is 1. The standard InChI is InChI=1S/C22H36N4O/c1-22(2,18-25-15-13-24(3)14-16-25)23-21(27)26-11-9-20(10-12-26)17-19-7-5-4-6-8-19/h4-8,20H,9-18H2,1-3H3,(H,23,27). The van der Waals surface area contributed by atoms with E-state index >= 15 is 0 Å². The Morgan fingerprint density at radius 2 is 1.67 bits per heavy atom. The van der Waals surface area contributed by atoms with Crippen LogP contribution in [0.3, 0.4) is 0 Å². The van der Waals surface area contributed by atoms with Crippen LogP contribution in [-0.4, -0.2) is 79.1 Å². The van der Waals surface area contributed by atoms with Crippen LogP contribution in [0.5, 0.6) is 0 Å². The number of carbonyl (C=O) groups excluding carboxylic acids is 1. The maximum absolute atomic E-state index is 12.8. The van der Waals surface area contributed by atoms with Gasteiger partial charge in [0.05, 0.1) is 0 Å². The normalized spacial score (nSPS) is 20.6. The third kappa shape index (κ3) is 6.22. The zero-order chi connectivity index (χ0) is 19.3. The third-order valence-electron chi connectivity index (χ3n) is 5.93. The first kappa shape index (κ1) is 20.2. The molecule has 0 saturated carbocycles. The maximum Gasteiger partial charge on any atom is 0.317 e. The number of hydrogen-bond acceptors (Lipinski definition) is 3. The molecule has 5 heteroatoms. The molecule has 0 aliphatic carbocycles. The highest BCUT2D eigenvalue weighted by atomic mass is 16.2. The van der Waals surface area contributed by atoms with E-state index in [0.717, 1.165) is 65.1 Å². The molecule has 0 aromatic heterocycles. The molecule has 0 unspecified atom stereocenters. The van der Waals surface area contributed by atoms with E-state index in [4.69, 9.17) is 0 Å². The summed E-state index contributed by atoms with van der Waals surface area (Å²) in [4.78, 5) is 19.6. The largest absolute Gasteiger partial charge is 0.332 e. The highest BCUT2D eigenvalue weighted by Crippen LogP contribution is 2.22. The van der Waals surface area contributed by atoms with E-state index in [1.165, 1.54) is 5.56 Å². The lowest BCUT2D eigenvalue weighted by molar-refractivity contribution is 0.118. The van der Waals surface area contributed by atoms with Gasteiger partial charge in [0.2, 0.25) is 0 Å². The molecule has 2 amide bonds. The Balaban J connectivity index is 1.42. The molecule has 2 heterocycles. The van der Waals surface area contributed by atoms with Crippen molar-refractivity contribution in [1.29, 1.82) is 0 Å². The van der Waals surface area contributed by atoms with Gasteiger partial charge in [0, 0.05) is 51.4 Å². The molecule has 3 rings (SSSR count). The minimum Gasteiger partial charge on any atom is -0.332 e. The van der Waals surface area contributed by atoms with Gasteiger partial charge in [0.1, 0.15) is 0 Å². The Hall–Kier alpha value is -1.59. The number of benzene rings is 1. The van der Waals surface area contributed by atoms with Crippen molar-refractivity contribution < 1.29 is 4.79 Å². The molecule has 2 aliphatic heterocycles. The Morgan fingerprint density at radius 3 is 2.30 bits per heavy atom. The van der Waals surface area contributed by atoms with Gasteiger partial charge >= 0.3 is 6.03 Å². The highest BCUT2D eigenvalue weighted by Gasteiger charge is 2.29. The summed E-state index contributed by atoms with van der Waals surface area (Å²) < 4.78 is 0. The van der Waals surface area contributed by atoms with Crippen LogP contribution in [0.25, 0.3) is 0 Å². The van der Waals surface area contributed by atoms with Crippen LogP contribution < -0.4 is 5.32 Å². The van der Waals surface area contributed by atoms with Crippen LogP contribution in [0, 0.1) is 5.92 Å². The number of rotatable bonds is 5. The number of nitrogens with one attached hydrogen (secondary N) is 1. The van der Waals surface area contributed by atoms with Crippen molar-refractivity contribution in [1.82, 2.24) is 20.0 Å². The number of nitrogens with zero attached hydrogens (tertiary/aromatic N) is 3. The van der Waals surface area contributed by atoms with E-state index in [2.05, 4.69) is 66.3 Å². The SMILES string of the molecule is CN1CCN(CC(C)(C)NC(=O)N2CCC(Cc3ccccc3)CC2)CC1. The highest BCUT2D eigenvalue weighted by molar-refractivity contribution is 5.75. The first-order valence-electron chi connectivity index (χ1n) is 10.4. The molecule has 2 fully saturated rings. The fraction of sp³-hybridized carbons (Fsp3) is 0.682. The van der Waals surface area contributed by atoms with E-state index in [-0.39, 0.29) is 11.6 Å². The van der Waals surface area contributed by atoms with E-state index in [1.807, 2.05) is 4.90 Å². The van der Waals surface area contributed by atoms with Gasteiger partial charge in [0.25, 0.3) is 0 Å². The monoisotopic (exact) mass is 372 g/mol. The number of amides is 2. The lowest BCUT2D eigenvalue weighted by Gasteiger charge is -2.40. The summed E-state index contributed by atoms with van der Waals surface area (Å²) in [6.45, 7) is 11.3. The molecule has 1 N–H and O–H groups in total. The molecule has 2 aliphatic rings. The van der Waals surface area contributed by atoms with Gasteiger partial charge in [-0.3, -0.25) is 4.90 Å². The predicted molar refractivity (Wildman–Crippen MR) is 111 cm³/mol.